The molecule has 1 unspecified atom stereocenters. The highest BCUT2D eigenvalue weighted by molar-refractivity contribution is 5.27. The normalized spacial score (nSPS) is 13.7. The van der Waals surface area contributed by atoms with Crippen LogP contribution in [-0.4, -0.2) is 5.11 Å². The fourth-order valence-corrected chi connectivity index (χ4v) is 1.68. The molecule has 0 radical (unpaired) electrons. The van der Waals surface area contributed by atoms with Gasteiger partial charge in [-0.25, -0.2) is 0 Å². The van der Waals surface area contributed by atoms with Crippen molar-refractivity contribution in [3.63, 3.8) is 0 Å². The summed E-state index contributed by atoms with van der Waals surface area (Å²) in [6.07, 6.45) is -1.81. The Bertz CT molecular complexity index is 347. The lowest BCUT2D eigenvalue weighted by molar-refractivity contribution is -0.137. The standard InChI is InChI=1S/C13H17F3O/c1-2-3-4-8-12(17)10-6-5-7-11(9-10)13(14,15)16/h5-7,9,12,17H,2-4,8H2,1H3. The minimum atomic E-state index is -4.35. The van der Waals surface area contributed by atoms with Crippen molar-refractivity contribution < 1.29 is 18.3 Å². The Balaban J connectivity index is 2.71. The van der Waals surface area contributed by atoms with Gasteiger partial charge >= 0.3 is 6.18 Å². The first-order chi connectivity index (χ1) is 7.95. The van der Waals surface area contributed by atoms with Crippen LogP contribution in [0.5, 0.6) is 0 Å². The lowest BCUT2D eigenvalue weighted by Gasteiger charge is -2.13. The molecular formula is C13H17F3O. The smallest absolute Gasteiger partial charge is 0.388 e. The van der Waals surface area contributed by atoms with Crippen LogP contribution in [0.3, 0.4) is 0 Å². The zero-order chi connectivity index (χ0) is 12.9. The lowest BCUT2D eigenvalue weighted by atomic mass is 10.0. The Hall–Kier alpha value is -1.03. The maximum absolute atomic E-state index is 12.5. The Morgan fingerprint density at radius 2 is 1.94 bits per heavy atom. The van der Waals surface area contributed by atoms with Gasteiger partial charge in [0.25, 0.3) is 0 Å². The van der Waals surface area contributed by atoms with Crippen LogP contribution in [0.1, 0.15) is 49.8 Å². The molecule has 0 aliphatic rings. The molecule has 0 spiro atoms. The number of hydrogen-bond acceptors (Lipinski definition) is 1. The van der Waals surface area contributed by atoms with E-state index in [9.17, 15) is 18.3 Å². The Labute approximate surface area is 99.3 Å². The van der Waals surface area contributed by atoms with Gasteiger partial charge in [-0.1, -0.05) is 38.3 Å². The topological polar surface area (TPSA) is 20.2 Å². The predicted octanol–water partition coefficient (Wildman–Crippen LogP) is 4.32. The summed E-state index contributed by atoms with van der Waals surface area (Å²) in [5.74, 6) is 0. The SMILES string of the molecule is CCCCCC(O)c1cccc(C(F)(F)F)c1. The molecule has 0 saturated carbocycles. The van der Waals surface area contributed by atoms with Gasteiger partial charge in [0.2, 0.25) is 0 Å². The highest BCUT2D eigenvalue weighted by Crippen LogP contribution is 2.31. The van der Waals surface area contributed by atoms with E-state index in [4.69, 9.17) is 0 Å². The van der Waals surface area contributed by atoms with Crippen LogP contribution in [0, 0.1) is 0 Å². The Morgan fingerprint density at radius 3 is 2.53 bits per heavy atom. The number of alkyl halides is 3. The molecule has 0 bridgehead atoms. The molecule has 0 saturated heterocycles. The Kier molecular flexibility index (Phi) is 5.00. The quantitative estimate of drug-likeness (QED) is 0.767. The summed E-state index contributed by atoms with van der Waals surface area (Å²) in [6.45, 7) is 2.04. The molecule has 1 N–H and O–H groups in total. The minimum Gasteiger partial charge on any atom is -0.388 e. The fraction of sp³-hybridized carbons (Fsp3) is 0.538. The van der Waals surface area contributed by atoms with E-state index in [-0.39, 0.29) is 0 Å². The van der Waals surface area contributed by atoms with E-state index in [0.717, 1.165) is 31.4 Å². The fourth-order valence-electron chi connectivity index (χ4n) is 1.68. The van der Waals surface area contributed by atoms with Crippen molar-refractivity contribution in [1.82, 2.24) is 0 Å². The third-order valence-corrected chi connectivity index (χ3v) is 2.68. The zero-order valence-electron chi connectivity index (χ0n) is 9.80. The molecule has 1 rings (SSSR count). The average Bonchev–Trinajstić information content (AvgIpc) is 2.28. The van der Waals surface area contributed by atoms with Crippen LogP contribution >= 0.6 is 0 Å². The van der Waals surface area contributed by atoms with E-state index >= 15 is 0 Å². The van der Waals surface area contributed by atoms with Gasteiger partial charge in [0.15, 0.2) is 0 Å². The molecule has 0 fully saturated rings. The third-order valence-electron chi connectivity index (χ3n) is 2.68. The molecule has 0 aliphatic carbocycles. The van der Waals surface area contributed by atoms with Crippen molar-refractivity contribution in [3.8, 4) is 0 Å². The highest BCUT2D eigenvalue weighted by Gasteiger charge is 2.30. The van der Waals surface area contributed by atoms with Crippen molar-refractivity contribution in [1.29, 1.82) is 0 Å². The monoisotopic (exact) mass is 246 g/mol. The molecule has 1 atom stereocenters. The summed E-state index contributed by atoms with van der Waals surface area (Å²) in [5, 5.41) is 9.77. The van der Waals surface area contributed by atoms with Crippen LogP contribution in [0.2, 0.25) is 0 Å². The van der Waals surface area contributed by atoms with E-state index in [1.807, 2.05) is 6.92 Å². The molecule has 0 heterocycles. The summed E-state index contributed by atoms with van der Waals surface area (Å²) >= 11 is 0. The first-order valence-corrected chi connectivity index (χ1v) is 5.80. The molecule has 1 aromatic rings. The zero-order valence-corrected chi connectivity index (χ0v) is 9.80. The van der Waals surface area contributed by atoms with Gasteiger partial charge in [0, 0.05) is 0 Å². The highest BCUT2D eigenvalue weighted by atomic mass is 19.4. The molecule has 0 aromatic heterocycles. The summed E-state index contributed by atoms with van der Waals surface area (Å²) < 4.78 is 37.4. The van der Waals surface area contributed by atoms with Crippen molar-refractivity contribution in [2.75, 3.05) is 0 Å². The number of unbranched alkanes of at least 4 members (excludes halogenated alkanes) is 2. The minimum absolute atomic E-state index is 0.343. The number of aliphatic hydroxyl groups is 1. The maximum atomic E-state index is 12.5. The average molecular weight is 246 g/mol. The first kappa shape index (κ1) is 14.0. The molecule has 0 aliphatic heterocycles. The van der Waals surface area contributed by atoms with Crippen LogP contribution in [-0.2, 0) is 6.18 Å². The number of halogens is 3. The molecule has 0 amide bonds. The van der Waals surface area contributed by atoms with Gasteiger partial charge in [0.1, 0.15) is 0 Å². The largest absolute Gasteiger partial charge is 0.416 e. The van der Waals surface area contributed by atoms with E-state index < -0.39 is 17.8 Å². The van der Waals surface area contributed by atoms with Crippen LogP contribution in [0.25, 0.3) is 0 Å². The molecule has 1 aromatic carbocycles. The van der Waals surface area contributed by atoms with Gasteiger partial charge in [-0.2, -0.15) is 13.2 Å². The third kappa shape index (κ3) is 4.38. The van der Waals surface area contributed by atoms with Crippen molar-refractivity contribution in [3.05, 3.63) is 35.4 Å². The summed E-state index contributed by atoms with van der Waals surface area (Å²) in [4.78, 5) is 0. The summed E-state index contributed by atoms with van der Waals surface area (Å²) in [5.41, 5.74) is -0.361. The van der Waals surface area contributed by atoms with Gasteiger partial charge in [-0.3, -0.25) is 0 Å². The van der Waals surface area contributed by atoms with Crippen LogP contribution < -0.4 is 0 Å². The van der Waals surface area contributed by atoms with Crippen LogP contribution in [0.4, 0.5) is 13.2 Å². The van der Waals surface area contributed by atoms with Crippen LogP contribution in [0.15, 0.2) is 24.3 Å². The van der Waals surface area contributed by atoms with E-state index in [2.05, 4.69) is 0 Å². The summed E-state index contributed by atoms with van der Waals surface area (Å²) in [7, 11) is 0. The van der Waals surface area contributed by atoms with Gasteiger partial charge in [-0.05, 0) is 24.1 Å². The van der Waals surface area contributed by atoms with E-state index in [1.54, 1.807) is 0 Å². The van der Waals surface area contributed by atoms with E-state index in [0.29, 0.717) is 12.0 Å². The summed E-state index contributed by atoms with van der Waals surface area (Å²) in [6, 6.07) is 4.91. The lowest BCUT2D eigenvalue weighted by Crippen LogP contribution is -2.06. The van der Waals surface area contributed by atoms with Gasteiger partial charge < -0.3 is 5.11 Å². The maximum Gasteiger partial charge on any atom is 0.416 e. The number of rotatable bonds is 5. The second-order valence-corrected chi connectivity index (χ2v) is 4.13. The van der Waals surface area contributed by atoms with Gasteiger partial charge in [0.05, 0.1) is 11.7 Å². The molecule has 4 heteroatoms. The second-order valence-electron chi connectivity index (χ2n) is 4.13. The second kappa shape index (κ2) is 6.05. The molecule has 96 valence electrons. The van der Waals surface area contributed by atoms with Crippen molar-refractivity contribution in [2.24, 2.45) is 0 Å². The predicted molar refractivity (Wildman–Crippen MR) is 60.5 cm³/mol. The number of benzene rings is 1. The van der Waals surface area contributed by atoms with E-state index in [1.165, 1.54) is 12.1 Å². The molecule has 17 heavy (non-hydrogen) atoms. The Morgan fingerprint density at radius 1 is 1.24 bits per heavy atom. The van der Waals surface area contributed by atoms with Crippen molar-refractivity contribution >= 4 is 0 Å². The number of aliphatic hydroxyl groups excluding tert-OH is 1. The molecule has 1 nitrogen and oxygen atoms in total. The van der Waals surface area contributed by atoms with Crippen molar-refractivity contribution in [2.45, 2.75) is 44.9 Å². The number of hydrogen-bond donors (Lipinski definition) is 1. The first-order valence-electron chi connectivity index (χ1n) is 5.80. The molecular weight excluding hydrogens is 229 g/mol. The van der Waals surface area contributed by atoms with Gasteiger partial charge in [-0.15, -0.1) is 0 Å².